The van der Waals surface area contributed by atoms with Gasteiger partial charge in [-0.2, -0.15) is 0 Å². The van der Waals surface area contributed by atoms with E-state index < -0.39 is 0 Å². The van der Waals surface area contributed by atoms with Gasteiger partial charge in [0.1, 0.15) is 0 Å². The Bertz CT molecular complexity index is 914. The molecule has 1 aliphatic carbocycles. The molecule has 0 spiro atoms. The monoisotopic (exact) mass is 425 g/mol. The molecule has 0 saturated heterocycles. The number of hydrogen-bond donors (Lipinski definition) is 2. The van der Waals surface area contributed by atoms with Crippen LogP contribution in [0.1, 0.15) is 48.5 Å². The summed E-state index contributed by atoms with van der Waals surface area (Å²) < 4.78 is 10.7. The number of methoxy groups -OCH3 is 2. The van der Waals surface area contributed by atoms with E-state index in [1.165, 1.54) is 6.92 Å². The lowest BCUT2D eigenvalue weighted by Crippen LogP contribution is -2.51. The number of carbonyl (C=O) groups excluding carboxylic acids is 2. The highest BCUT2D eigenvalue weighted by atomic mass is 16.5. The van der Waals surface area contributed by atoms with E-state index in [0.29, 0.717) is 23.6 Å². The molecule has 3 rings (SSSR count). The first-order valence-electron chi connectivity index (χ1n) is 10.6. The molecule has 0 radical (unpaired) electrons. The van der Waals surface area contributed by atoms with Gasteiger partial charge in [-0.25, -0.2) is 0 Å². The first-order chi connectivity index (χ1) is 14.9. The Morgan fingerprint density at radius 2 is 1.71 bits per heavy atom. The summed E-state index contributed by atoms with van der Waals surface area (Å²) in [4.78, 5) is 26.7. The fourth-order valence-electron chi connectivity index (χ4n) is 4.10. The maximum atomic E-state index is 13.6. The fraction of sp³-hybridized carbons (Fsp3) is 0.417. The van der Waals surface area contributed by atoms with E-state index in [1.807, 2.05) is 29.2 Å². The number of rotatable bonds is 7. The highest BCUT2D eigenvalue weighted by Crippen LogP contribution is 2.30. The lowest BCUT2D eigenvalue weighted by molar-refractivity contribution is -0.114. The highest BCUT2D eigenvalue weighted by Gasteiger charge is 2.32. The molecule has 2 atom stereocenters. The summed E-state index contributed by atoms with van der Waals surface area (Å²) in [5.41, 5.74) is 8.67. The van der Waals surface area contributed by atoms with Gasteiger partial charge in [-0.1, -0.05) is 25.0 Å². The number of ether oxygens (including phenoxy) is 2. The molecule has 7 heteroatoms. The molecule has 3 N–H and O–H groups in total. The van der Waals surface area contributed by atoms with E-state index in [4.69, 9.17) is 15.2 Å². The average Bonchev–Trinajstić information content (AvgIpc) is 2.78. The Labute approximate surface area is 183 Å². The molecule has 31 heavy (non-hydrogen) atoms. The van der Waals surface area contributed by atoms with Gasteiger partial charge in [0.15, 0.2) is 11.5 Å². The van der Waals surface area contributed by atoms with Crippen molar-refractivity contribution < 1.29 is 19.1 Å². The Balaban J connectivity index is 1.89. The third kappa shape index (κ3) is 5.55. The van der Waals surface area contributed by atoms with E-state index in [-0.39, 0.29) is 23.9 Å². The minimum Gasteiger partial charge on any atom is -0.493 e. The van der Waals surface area contributed by atoms with Gasteiger partial charge in [0, 0.05) is 36.8 Å². The lowest BCUT2D eigenvalue weighted by Gasteiger charge is -2.38. The minimum absolute atomic E-state index is 0.0376. The van der Waals surface area contributed by atoms with Gasteiger partial charge in [-0.05, 0) is 48.7 Å². The molecule has 1 fully saturated rings. The summed E-state index contributed by atoms with van der Waals surface area (Å²) in [6.45, 7) is 1.91. The topological polar surface area (TPSA) is 93.9 Å². The highest BCUT2D eigenvalue weighted by molar-refractivity contribution is 5.95. The number of hydrogen-bond acceptors (Lipinski definition) is 5. The molecule has 1 aliphatic rings. The summed E-state index contributed by atoms with van der Waals surface area (Å²) >= 11 is 0. The van der Waals surface area contributed by atoms with E-state index in [1.54, 1.807) is 32.4 Å². The Hall–Kier alpha value is -3.06. The van der Waals surface area contributed by atoms with E-state index in [9.17, 15) is 9.59 Å². The number of anilines is 1. The van der Waals surface area contributed by atoms with Gasteiger partial charge >= 0.3 is 0 Å². The van der Waals surface area contributed by atoms with Gasteiger partial charge in [0.05, 0.1) is 14.2 Å². The van der Waals surface area contributed by atoms with Crippen LogP contribution in [-0.4, -0.2) is 43.0 Å². The third-order valence-corrected chi connectivity index (χ3v) is 5.70. The molecule has 2 aromatic rings. The van der Waals surface area contributed by atoms with Crippen molar-refractivity contribution in [1.29, 1.82) is 0 Å². The summed E-state index contributed by atoms with van der Waals surface area (Å²) in [5, 5.41) is 2.76. The first-order valence-corrected chi connectivity index (χ1v) is 10.6. The number of nitrogens with zero attached hydrogens (tertiary/aromatic N) is 1. The molecule has 166 valence electrons. The molecule has 7 nitrogen and oxygen atoms in total. The quantitative estimate of drug-likeness (QED) is 0.707. The van der Waals surface area contributed by atoms with Crippen molar-refractivity contribution in [3.63, 3.8) is 0 Å². The standard InChI is InChI=1S/C24H31N3O4/c1-16(28)26-19-11-8-17(9-12-19)15-27(21-7-5-4-6-20(21)25)24(29)18-10-13-22(30-2)23(14-18)31-3/h8-14,20-21H,4-7,15,25H2,1-3H3,(H,26,28). The lowest BCUT2D eigenvalue weighted by atomic mass is 9.89. The summed E-state index contributed by atoms with van der Waals surface area (Å²) in [6.07, 6.45) is 3.92. The molecular formula is C24H31N3O4. The minimum atomic E-state index is -0.119. The predicted molar refractivity (Wildman–Crippen MR) is 120 cm³/mol. The Morgan fingerprint density at radius 3 is 2.32 bits per heavy atom. The van der Waals surface area contributed by atoms with Gasteiger partial charge in [0.2, 0.25) is 5.91 Å². The maximum absolute atomic E-state index is 13.6. The van der Waals surface area contributed by atoms with Crippen molar-refractivity contribution in [2.45, 2.75) is 51.2 Å². The molecule has 2 amide bonds. The van der Waals surface area contributed by atoms with Crippen LogP contribution in [0, 0.1) is 0 Å². The second-order valence-corrected chi connectivity index (χ2v) is 7.90. The Kier molecular flexibility index (Phi) is 7.52. The van der Waals surface area contributed by atoms with Crippen molar-refractivity contribution in [1.82, 2.24) is 4.90 Å². The van der Waals surface area contributed by atoms with Crippen LogP contribution in [0.15, 0.2) is 42.5 Å². The Morgan fingerprint density at radius 1 is 1.03 bits per heavy atom. The second kappa shape index (κ2) is 10.3. The van der Waals surface area contributed by atoms with Crippen molar-refractivity contribution in [2.24, 2.45) is 5.73 Å². The molecule has 0 aromatic heterocycles. The molecule has 2 unspecified atom stereocenters. The first kappa shape index (κ1) is 22.6. The number of benzene rings is 2. The molecule has 2 aromatic carbocycles. The van der Waals surface area contributed by atoms with Crippen LogP contribution in [0.5, 0.6) is 11.5 Å². The van der Waals surface area contributed by atoms with E-state index in [2.05, 4.69) is 5.32 Å². The smallest absolute Gasteiger partial charge is 0.254 e. The average molecular weight is 426 g/mol. The van der Waals surface area contributed by atoms with Gasteiger partial charge < -0.3 is 25.4 Å². The van der Waals surface area contributed by atoms with Crippen molar-refractivity contribution >= 4 is 17.5 Å². The van der Waals surface area contributed by atoms with Gasteiger partial charge in [0.25, 0.3) is 5.91 Å². The zero-order valence-corrected chi connectivity index (χ0v) is 18.4. The van der Waals surface area contributed by atoms with Crippen molar-refractivity contribution in [3.05, 3.63) is 53.6 Å². The second-order valence-electron chi connectivity index (χ2n) is 7.90. The SMILES string of the molecule is COc1ccc(C(=O)N(Cc2ccc(NC(C)=O)cc2)C2CCCCC2N)cc1OC. The molecule has 0 aliphatic heterocycles. The van der Waals surface area contributed by atoms with Crippen molar-refractivity contribution in [3.8, 4) is 11.5 Å². The van der Waals surface area contributed by atoms with E-state index in [0.717, 1.165) is 36.9 Å². The van der Waals surface area contributed by atoms with E-state index >= 15 is 0 Å². The van der Waals surface area contributed by atoms with Crippen molar-refractivity contribution in [2.75, 3.05) is 19.5 Å². The summed E-state index contributed by atoms with van der Waals surface area (Å²) in [7, 11) is 3.12. The van der Waals surface area contributed by atoms with Crippen LogP contribution < -0.4 is 20.5 Å². The summed E-state index contributed by atoms with van der Waals surface area (Å²) in [5.74, 6) is 0.884. The summed E-state index contributed by atoms with van der Waals surface area (Å²) in [6, 6.07) is 12.7. The molecule has 0 bridgehead atoms. The maximum Gasteiger partial charge on any atom is 0.254 e. The van der Waals surface area contributed by atoms with Gasteiger partial charge in [-0.3, -0.25) is 9.59 Å². The van der Waals surface area contributed by atoms with Gasteiger partial charge in [-0.15, -0.1) is 0 Å². The molecule has 0 heterocycles. The van der Waals surface area contributed by atoms with Crippen LogP contribution in [0.4, 0.5) is 5.69 Å². The van der Waals surface area contributed by atoms with Crippen LogP contribution in [-0.2, 0) is 11.3 Å². The van der Waals surface area contributed by atoms with Crippen LogP contribution in [0.3, 0.4) is 0 Å². The van der Waals surface area contributed by atoms with Crippen LogP contribution >= 0.6 is 0 Å². The number of amides is 2. The molecule has 1 saturated carbocycles. The third-order valence-electron chi connectivity index (χ3n) is 5.70. The molecular weight excluding hydrogens is 394 g/mol. The number of nitrogens with two attached hydrogens (primary N) is 1. The number of nitrogens with one attached hydrogen (secondary N) is 1. The largest absolute Gasteiger partial charge is 0.493 e. The van der Waals surface area contributed by atoms with Crippen LogP contribution in [0.2, 0.25) is 0 Å². The fourth-order valence-corrected chi connectivity index (χ4v) is 4.10. The van der Waals surface area contributed by atoms with Crippen LogP contribution in [0.25, 0.3) is 0 Å². The normalized spacial score (nSPS) is 18.2. The predicted octanol–water partition coefficient (Wildman–Crippen LogP) is 3.57. The number of carbonyl (C=O) groups is 2. The zero-order valence-electron chi connectivity index (χ0n) is 18.4. The zero-order chi connectivity index (χ0) is 22.4.